The fourth-order valence-corrected chi connectivity index (χ4v) is 4.55. The third kappa shape index (κ3) is 3.04. The number of amides is 1. The molecule has 2 atom stereocenters. The molecular weight excluding hydrogens is 292 g/mol. The topological polar surface area (TPSA) is 88.3 Å². The Morgan fingerprint density at radius 2 is 2.19 bits per heavy atom. The Bertz CT molecular complexity index is 545. The van der Waals surface area contributed by atoms with Crippen LogP contribution >= 0.6 is 11.8 Å². The van der Waals surface area contributed by atoms with Crippen molar-refractivity contribution in [3.63, 3.8) is 0 Å². The van der Waals surface area contributed by atoms with Crippen molar-refractivity contribution in [2.24, 2.45) is 0 Å². The lowest BCUT2D eigenvalue weighted by Crippen LogP contribution is -2.52. The minimum absolute atomic E-state index is 0.00837. The highest BCUT2D eigenvalue weighted by molar-refractivity contribution is 8.00. The molecule has 0 bridgehead atoms. The van der Waals surface area contributed by atoms with E-state index in [9.17, 15) is 9.59 Å². The number of hydrogen-bond acceptors (Lipinski definition) is 5. The zero-order valence-electron chi connectivity index (χ0n) is 11.6. The first kappa shape index (κ1) is 14.4. The van der Waals surface area contributed by atoms with E-state index in [1.807, 2.05) is 16.7 Å². The molecule has 114 valence electrons. The van der Waals surface area contributed by atoms with Gasteiger partial charge in [0, 0.05) is 23.6 Å². The summed E-state index contributed by atoms with van der Waals surface area (Å²) in [7, 11) is 0. The number of fused-ring (bicyclic) bond motifs is 1. The van der Waals surface area contributed by atoms with E-state index >= 15 is 0 Å². The van der Waals surface area contributed by atoms with Crippen LogP contribution in [0, 0.1) is 0 Å². The second kappa shape index (κ2) is 6.05. The Morgan fingerprint density at radius 1 is 1.38 bits per heavy atom. The second-order valence-electron chi connectivity index (χ2n) is 5.45. The minimum atomic E-state index is -1.13. The van der Waals surface area contributed by atoms with E-state index < -0.39 is 5.97 Å². The van der Waals surface area contributed by atoms with E-state index in [1.165, 1.54) is 30.1 Å². The first-order chi connectivity index (χ1) is 10.1. The van der Waals surface area contributed by atoms with Crippen LogP contribution in [0.5, 0.6) is 0 Å². The van der Waals surface area contributed by atoms with Crippen molar-refractivity contribution in [2.45, 2.75) is 43.5 Å². The zero-order chi connectivity index (χ0) is 14.8. The van der Waals surface area contributed by atoms with Crippen LogP contribution in [-0.2, 0) is 11.3 Å². The van der Waals surface area contributed by atoms with Gasteiger partial charge in [0.25, 0.3) is 0 Å². The molecule has 0 spiro atoms. The van der Waals surface area contributed by atoms with Crippen molar-refractivity contribution in [3.8, 4) is 0 Å². The number of carbonyl (C=O) groups excluding carboxylic acids is 1. The fraction of sp³-hybridized carbons (Fsp3) is 0.692. The lowest BCUT2D eigenvalue weighted by molar-refractivity contribution is -0.134. The summed E-state index contributed by atoms with van der Waals surface area (Å²) in [5.41, 5.74) is -0.132. The predicted octanol–water partition coefficient (Wildman–Crippen LogP) is 0.863. The quantitative estimate of drug-likeness (QED) is 0.891. The fourth-order valence-electron chi connectivity index (χ4n) is 3.11. The smallest absolute Gasteiger partial charge is 0.358 e. The third-order valence-electron chi connectivity index (χ3n) is 4.11. The van der Waals surface area contributed by atoms with Gasteiger partial charge in [-0.05, 0) is 12.8 Å². The van der Waals surface area contributed by atoms with Gasteiger partial charge < -0.3 is 10.0 Å². The van der Waals surface area contributed by atoms with Gasteiger partial charge in [-0.3, -0.25) is 4.79 Å². The Morgan fingerprint density at radius 3 is 2.95 bits per heavy atom. The molecule has 2 heterocycles. The van der Waals surface area contributed by atoms with Gasteiger partial charge in [-0.2, -0.15) is 11.8 Å². The predicted molar refractivity (Wildman–Crippen MR) is 77.2 cm³/mol. The molecule has 8 heteroatoms. The lowest BCUT2D eigenvalue weighted by Gasteiger charge is -2.43. The number of carbonyl (C=O) groups is 2. The summed E-state index contributed by atoms with van der Waals surface area (Å²) in [6, 6.07) is 0.326. The van der Waals surface area contributed by atoms with Gasteiger partial charge in [-0.1, -0.05) is 18.1 Å². The molecule has 21 heavy (non-hydrogen) atoms. The summed E-state index contributed by atoms with van der Waals surface area (Å²) in [6.45, 7) is 0.833. The van der Waals surface area contributed by atoms with Gasteiger partial charge in [-0.15, -0.1) is 5.10 Å². The molecule has 0 radical (unpaired) electrons. The Kier molecular flexibility index (Phi) is 4.14. The molecule has 1 aromatic heterocycles. The molecule has 0 aromatic carbocycles. The highest BCUT2D eigenvalue weighted by atomic mass is 32.2. The number of rotatable bonds is 3. The molecule has 2 unspecified atom stereocenters. The number of aromatic nitrogens is 3. The van der Waals surface area contributed by atoms with Gasteiger partial charge in [0.1, 0.15) is 6.54 Å². The summed E-state index contributed by atoms with van der Waals surface area (Å²) >= 11 is 1.98. The van der Waals surface area contributed by atoms with Crippen LogP contribution in [0.15, 0.2) is 6.20 Å². The monoisotopic (exact) mass is 310 g/mol. The second-order valence-corrected chi connectivity index (χ2v) is 6.80. The molecule has 3 rings (SSSR count). The number of thioether (sulfide) groups is 1. The highest BCUT2D eigenvalue weighted by Gasteiger charge is 2.36. The van der Waals surface area contributed by atoms with Crippen LogP contribution in [0.2, 0.25) is 0 Å². The third-order valence-corrected chi connectivity index (χ3v) is 5.50. The molecule has 7 nitrogen and oxygen atoms in total. The minimum Gasteiger partial charge on any atom is -0.476 e. The zero-order valence-corrected chi connectivity index (χ0v) is 12.5. The highest BCUT2D eigenvalue weighted by Crippen LogP contribution is 2.35. The molecule has 1 aliphatic heterocycles. The summed E-state index contributed by atoms with van der Waals surface area (Å²) in [6.07, 6.45) is 5.99. The van der Waals surface area contributed by atoms with E-state index in [-0.39, 0.29) is 18.1 Å². The molecule has 1 aliphatic carbocycles. The average Bonchev–Trinajstić information content (AvgIpc) is 2.95. The first-order valence-corrected chi connectivity index (χ1v) is 8.24. The number of aromatic carboxylic acids is 1. The van der Waals surface area contributed by atoms with Gasteiger partial charge in [-0.25, -0.2) is 9.48 Å². The van der Waals surface area contributed by atoms with Crippen LogP contribution in [0.1, 0.15) is 36.2 Å². The van der Waals surface area contributed by atoms with E-state index in [2.05, 4.69) is 10.3 Å². The first-order valence-electron chi connectivity index (χ1n) is 7.19. The van der Waals surface area contributed by atoms with Crippen molar-refractivity contribution >= 4 is 23.6 Å². The Balaban J connectivity index is 1.67. The number of carboxylic acids is 1. The van der Waals surface area contributed by atoms with Gasteiger partial charge in [0.2, 0.25) is 5.91 Å². The number of nitrogens with zero attached hydrogens (tertiary/aromatic N) is 4. The van der Waals surface area contributed by atoms with Crippen LogP contribution in [0.3, 0.4) is 0 Å². The SMILES string of the molecule is O=C(O)c1cn(CC(=O)N2CCSC3CCCCC32)nn1. The van der Waals surface area contributed by atoms with Crippen molar-refractivity contribution in [2.75, 3.05) is 12.3 Å². The standard InChI is InChI=1S/C13H18N4O3S/c18-12(8-16-7-9(13(19)20)14-15-16)17-5-6-21-11-4-2-1-3-10(11)17/h7,10-11H,1-6,8H2,(H,19,20). The van der Waals surface area contributed by atoms with Gasteiger partial charge >= 0.3 is 5.97 Å². The maximum Gasteiger partial charge on any atom is 0.358 e. The van der Waals surface area contributed by atoms with Crippen LogP contribution in [0.25, 0.3) is 0 Å². The summed E-state index contributed by atoms with van der Waals surface area (Å²) in [4.78, 5) is 25.2. The van der Waals surface area contributed by atoms with E-state index in [0.29, 0.717) is 11.3 Å². The Labute approximate surface area is 126 Å². The molecule has 2 fully saturated rings. The van der Waals surface area contributed by atoms with Crippen molar-refractivity contribution in [3.05, 3.63) is 11.9 Å². The summed E-state index contributed by atoms with van der Waals surface area (Å²) in [5.74, 6) is -0.144. The maximum absolute atomic E-state index is 12.5. The molecule has 1 aromatic rings. The molecular formula is C13H18N4O3S. The summed E-state index contributed by atoms with van der Waals surface area (Å²) < 4.78 is 1.31. The summed E-state index contributed by atoms with van der Waals surface area (Å²) in [5, 5.41) is 16.6. The average molecular weight is 310 g/mol. The Hall–Kier alpha value is -1.57. The van der Waals surface area contributed by atoms with Crippen LogP contribution in [-0.4, -0.2) is 60.5 Å². The van der Waals surface area contributed by atoms with Gasteiger partial charge in [0.15, 0.2) is 5.69 Å². The lowest BCUT2D eigenvalue weighted by atomic mass is 9.93. The van der Waals surface area contributed by atoms with Crippen molar-refractivity contribution in [1.29, 1.82) is 0 Å². The molecule has 2 aliphatic rings. The molecule has 1 N–H and O–H groups in total. The van der Waals surface area contributed by atoms with Crippen molar-refractivity contribution in [1.82, 2.24) is 19.9 Å². The number of carboxylic acid groups (broad SMARTS) is 1. The normalized spacial score (nSPS) is 25.4. The number of hydrogen-bond donors (Lipinski definition) is 1. The van der Waals surface area contributed by atoms with E-state index in [4.69, 9.17) is 5.11 Å². The van der Waals surface area contributed by atoms with E-state index in [1.54, 1.807) is 0 Å². The van der Waals surface area contributed by atoms with Gasteiger partial charge in [0.05, 0.1) is 6.20 Å². The maximum atomic E-state index is 12.5. The molecule has 1 amide bonds. The van der Waals surface area contributed by atoms with E-state index in [0.717, 1.165) is 18.7 Å². The van der Waals surface area contributed by atoms with Crippen LogP contribution < -0.4 is 0 Å². The largest absolute Gasteiger partial charge is 0.476 e. The van der Waals surface area contributed by atoms with Crippen LogP contribution in [0.4, 0.5) is 0 Å². The van der Waals surface area contributed by atoms with Crippen molar-refractivity contribution < 1.29 is 14.7 Å². The molecule has 1 saturated heterocycles. The molecule has 1 saturated carbocycles.